The summed E-state index contributed by atoms with van der Waals surface area (Å²) in [6, 6.07) is 5.53. The average Bonchev–Trinajstić information content (AvgIpc) is 2.47. The summed E-state index contributed by atoms with van der Waals surface area (Å²) in [7, 11) is 0. The van der Waals surface area contributed by atoms with E-state index in [-0.39, 0.29) is 6.42 Å². The highest BCUT2D eigenvalue weighted by Crippen LogP contribution is 2.25. The minimum Gasteiger partial charge on any atom is -0.493 e. The van der Waals surface area contributed by atoms with Crippen molar-refractivity contribution in [3.63, 3.8) is 0 Å². The quantitative estimate of drug-likeness (QED) is 0.714. The second kappa shape index (κ2) is 3.15. The number of ether oxygens (including phenoxy) is 1. The summed E-state index contributed by atoms with van der Waals surface area (Å²) in [4.78, 5) is 0. The molecule has 0 bridgehead atoms. The van der Waals surface area contributed by atoms with E-state index >= 15 is 0 Å². The first-order valence-electron chi connectivity index (χ1n) is 5.02. The number of hydrogen-bond acceptors (Lipinski definition) is 2. The monoisotopic (exact) mass is 166 g/mol. The van der Waals surface area contributed by atoms with E-state index in [1.807, 2.05) is 12.1 Å². The highest BCUT2D eigenvalue weighted by Gasteiger charge is 2.11. The SMILES string of the molecule is [2H]C([2H])(O)Cc1ccc2c(c1)CCO2. The third-order valence-corrected chi connectivity index (χ3v) is 2.04. The molecule has 1 aliphatic rings. The van der Waals surface area contributed by atoms with Gasteiger partial charge < -0.3 is 9.84 Å². The van der Waals surface area contributed by atoms with Crippen LogP contribution in [0.3, 0.4) is 0 Å². The molecule has 1 aromatic carbocycles. The molecule has 0 saturated carbocycles. The molecule has 2 nitrogen and oxygen atoms in total. The molecule has 1 N–H and O–H groups in total. The first kappa shape index (κ1) is 5.60. The van der Waals surface area contributed by atoms with Crippen molar-refractivity contribution in [2.75, 3.05) is 13.2 Å². The Morgan fingerprint density at radius 1 is 1.58 bits per heavy atom. The van der Waals surface area contributed by atoms with Crippen LogP contribution in [0.25, 0.3) is 0 Å². The highest BCUT2D eigenvalue weighted by molar-refractivity contribution is 5.39. The van der Waals surface area contributed by atoms with E-state index in [2.05, 4.69) is 0 Å². The molecule has 2 rings (SSSR count). The van der Waals surface area contributed by atoms with Crippen molar-refractivity contribution in [2.24, 2.45) is 0 Å². The van der Waals surface area contributed by atoms with Gasteiger partial charge in [-0.1, -0.05) is 12.1 Å². The molecule has 0 aromatic heterocycles. The lowest BCUT2D eigenvalue weighted by molar-refractivity contribution is 0.299. The van der Waals surface area contributed by atoms with E-state index in [0.717, 1.165) is 23.3 Å². The Bertz CT molecular complexity index is 344. The zero-order valence-corrected chi connectivity index (χ0v) is 6.71. The predicted molar refractivity (Wildman–Crippen MR) is 46.4 cm³/mol. The van der Waals surface area contributed by atoms with Crippen LogP contribution in [0.1, 0.15) is 13.9 Å². The van der Waals surface area contributed by atoms with Gasteiger partial charge in [0, 0.05) is 13.0 Å². The summed E-state index contributed by atoms with van der Waals surface area (Å²) in [5.74, 6) is 0.882. The minimum absolute atomic E-state index is 0.0281. The van der Waals surface area contributed by atoms with Crippen LogP contribution in [0.2, 0.25) is 0 Å². The summed E-state index contributed by atoms with van der Waals surface area (Å²) < 4.78 is 19.4. The lowest BCUT2D eigenvalue weighted by atomic mass is 10.1. The molecule has 0 amide bonds. The molecule has 0 saturated heterocycles. The molecule has 64 valence electrons. The lowest BCUT2D eigenvalue weighted by Gasteiger charge is -2.01. The molecule has 0 atom stereocenters. The number of aryl methyl sites for hydroxylation is 1. The number of aliphatic hydroxyl groups is 1. The number of hydrogen-bond donors (Lipinski definition) is 1. The van der Waals surface area contributed by atoms with Gasteiger partial charge in [0.15, 0.2) is 0 Å². The molecular weight excluding hydrogens is 152 g/mol. The van der Waals surface area contributed by atoms with E-state index in [9.17, 15) is 0 Å². The molecule has 12 heavy (non-hydrogen) atoms. The zero-order chi connectivity index (χ0) is 10.2. The minimum atomic E-state index is -2.13. The summed E-state index contributed by atoms with van der Waals surface area (Å²) in [5, 5.41) is 9.02. The van der Waals surface area contributed by atoms with E-state index in [1.165, 1.54) is 0 Å². The summed E-state index contributed by atoms with van der Waals surface area (Å²) in [5.41, 5.74) is 1.91. The lowest BCUT2D eigenvalue weighted by Crippen LogP contribution is -1.90. The molecule has 0 radical (unpaired) electrons. The van der Waals surface area contributed by atoms with Gasteiger partial charge in [-0.25, -0.2) is 0 Å². The van der Waals surface area contributed by atoms with Gasteiger partial charge in [-0.15, -0.1) is 0 Å². The van der Waals surface area contributed by atoms with Crippen LogP contribution in [0.4, 0.5) is 0 Å². The second-order valence-corrected chi connectivity index (χ2v) is 2.88. The van der Waals surface area contributed by atoms with Crippen molar-refractivity contribution in [3.8, 4) is 5.75 Å². The van der Waals surface area contributed by atoms with Crippen LogP contribution in [0.5, 0.6) is 5.75 Å². The van der Waals surface area contributed by atoms with Crippen molar-refractivity contribution >= 4 is 0 Å². The van der Waals surface area contributed by atoms with Gasteiger partial charge in [-0.3, -0.25) is 0 Å². The van der Waals surface area contributed by atoms with Gasteiger partial charge in [-0.05, 0) is 23.6 Å². The molecular formula is C10H12O2. The van der Waals surface area contributed by atoms with Crippen molar-refractivity contribution in [1.29, 1.82) is 0 Å². The van der Waals surface area contributed by atoms with Crippen LogP contribution >= 0.6 is 0 Å². The third kappa shape index (κ3) is 1.30. The number of rotatable bonds is 2. The van der Waals surface area contributed by atoms with Crippen molar-refractivity contribution in [1.82, 2.24) is 0 Å². The smallest absolute Gasteiger partial charge is 0.122 e. The Balaban J connectivity index is 2.21. The van der Waals surface area contributed by atoms with Crippen LogP contribution in [-0.4, -0.2) is 18.3 Å². The highest BCUT2D eigenvalue weighted by atomic mass is 16.5. The number of fused-ring (bicyclic) bond motifs is 1. The van der Waals surface area contributed by atoms with Crippen molar-refractivity contribution < 1.29 is 12.6 Å². The van der Waals surface area contributed by atoms with Crippen molar-refractivity contribution in [2.45, 2.75) is 12.8 Å². The summed E-state index contributed by atoms with van der Waals surface area (Å²) in [6.45, 7) is -1.43. The molecule has 0 spiro atoms. The molecule has 1 heterocycles. The summed E-state index contributed by atoms with van der Waals surface area (Å²) in [6.07, 6.45) is 0.901. The zero-order valence-electron chi connectivity index (χ0n) is 8.71. The maximum Gasteiger partial charge on any atom is 0.122 e. The van der Waals surface area contributed by atoms with Gasteiger partial charge in [0.25, 0.3) is 0 Å². The van der Waals surface area contributed by atoms with E-state index in [1.54, 1.807) is 6.07 Å². The topological polar surface area (TPSA) is 29.5 Å². The van der Waals surface area contributed by atoms with Crippen LogP contribution in [0, 0.1) is 0 Å². The first-order chi connectivity index (χ1) is 6.54. The standard InChI is InChI=1S/C10H12O2/c11-5-3-8-1-2-10-9(7-8)4-6-12-10/h1-2,7,11H,3-6H2/i5D2. The maximum atomic E-state index is 9.02. The Kier molecular flexibility index (Phi) is 1.47. The summed E-state index contributed by atoms with van der Waals surface area (Å²) >= 11 is 0. The predicted octanol–water partition coefficient (Wildman–Crippen LogP) is 1.16. The molecule has 2 heteroatoms. The number of benzene rings is 1. The molecule has 0 unspecified atom stereocenters. The maximum absolute atomic E-state index is 9.02. The van der Waals surface area contributed by atoms with Gasteiger partial charge in [0.2, 0.25) is 0 Å². The Morgan fingerprint density at radius 2 is 2.50 bits per heavy atom. The fraction of sp³-hybridized carbons (Fsp3) is 0.400. The fourth-order valence-electron chi connectivity index (χ4n) is 1.44. The molecule has 0 fully saturated rings. The molecule has 1 aromatic rings. The van der Waals surface area contributed by atoms with Crippen LogP contribution < -0.4 is 4.74 Å². The van der Waals surface area contributed by atoms with Gasteiger partial charge in [-0.2, -0.15) is 0 Å². The largest absolute Gasteiger partial charge is 0.493 e. The Hall–Kier alpha value is -1.02. The Morgan fingerprint density at radius 3 is 3.33 bits per heavy atom. The normalized spacial score (nSPS) is 17.8. The van der Waals surface area contributed by atoms with E-state index in [4.69, 9.17) is 12.6 Å². The third-order valence-electron chi connectivity index (χ3n) is 2.04. The van der Waals surface area contributed by atoms with E-state index in [0.29, 0.717) is 6.61 Å². The van der Waals surface area contributed by atoms with E-state index < -0.39 is 6.56 Å². The van der Waals surface area contributed by atoms with Gasteiger partial charge >= 0.3 is 0 Å². The fourth-order valence-corrected chi connectivity index (χ4v) is 1.44. The molecule has 0 aliphatic carbocycles. The second-order valence-electron chi connectivity index (χ2n) is 2.88. The van der Waals surface area contributed by atoms with Crippen LogP contribution in [-0.2, 0) is 12.8 Å². The Labute approximate surface area is 74.6 Å². The van der Waals surface area contributed by atoms with Crippen LogP contribution in [0.15, 0.2) is 18.2 Å². The average molecular weight is 166 g/mol. The van der Waals surface area contributed by atoms with Crippen molar-refractivity contribution in [3.05, 3.63) is 29.3 Å². The van der Waals surface area contributed by atoms with Gasteiger partial charge in [0.1, 0.15) is 5.75 Å². The molecule has 1 aliphatic heterocycles. The van der Waals surface area contributed by atoms with Gasteiger partial charge in [0.05, 0.1) is 9.35 Å². The first-order valence-corrected chi connectivity index (χ1v) is 4.02.